The van der Waals surface area contributed by atoms with Gasteiger partial charge in [0.25, 0.3) is 0 Å². The van der Waals surface area contributed by atoms with Crippen LogP contribution in [0.1, 0.15) is 49.7 Å². The monoisotopic (exact) mass is 445 g/mol. The smallest absolute Gasteiger partial charge is 0.356 e. The van der Waals surface area contributed by atoms with Crippen LogP contribution in [0, 0.1) is 5.92 Å². The van der Waals surface area contributed by atoms with Gasteiger partial charge in [-0.3, -0.25) is 4.99 Å². The van der Waals surface area contributed by atoms with E-state index in [2.05, 4.69) is 15.6 Å². The van der Waals surface area contributed by atoms with E-state index < -0.39 is 21.6 Å². The fraction of sp³-hybridized carbons (Fsp3) is 0.667. The summed E-state index contributed by atoms with van der Waals surface area (Å²) in [5.41, 5.74) is -0.287. The maximum atomic E-state index is 13.2. The molecule has 1 saturated carbocycles. The first-order valence-corrected chi connectivity index (χ1v) is 12.3. The largest absolute Gasteiger partial charge is 0.416 e. The lowest BCUT2D eigenvalue weighted by Crippen LogP contribution is -2.47. The van der Waals surface area contributed by atoms with E-state index in [4.69, 9.17) is 0 Å². The topological polar surface area (TPSA) is 70.6 Å². The van der Waals surface area contributed by atoms with Gasteiger partial charge in [0, 0.05) is 25.6 Å². The highest BCUT2D eigenvalue weighted by Crippen LogP contribution is 2.41. The fourth-order valence-electron chi connectivity index (χ4n) is 4.57. The molecule has 1 aliphatic carbocycles. The highest BCUT2D eigenvalue weighted by Gasteiger charge is 2.37. The summed E-state index contributed by atoms with van der Waals surface area (Å²) >= 11 is 0. The van der Waals surface area contributed by atoms with E-state index in [0.29, 0.717) is 31.0 Å². The van der Waals surface area contributed by atoms with Crippen LogP contribution in [0.3, 0.4) is 0 Å². The zero-order valence-electron chi connectivity index (χ0n) is 17.3. The summed E-state index contributed by atoms with van der Waals surface area (Å²) in [6, 6.07) is 5.68. The average Bonchev–Trinajstić information content (AvgIpc) is 3.07. The minimum atomic E-state index is -4.36. The van der Waals surface area contributed by atoms with Crippen LogP contribution in [0.5, 0.6) is 0 Å². The van der Waals surface area contributed by atoms with Gasteiger partial charge in [0.15, 0.2) is 15.8 Å². The first-order valence-electron chi connectivity index (χ1n) is 10.5. The summed E-state index contributed by atoms with van der Waals surface area (Å²) in [6.45, 7) is 0.992. The molecule has 30 heavy (non-hydrogen) atoms. The van der Waals surface area contributed by atoms with Gasteiger partial charge in [0.1, 0.15) is 0 Å². The van der Waals surface area contributed by atoms with Gasteiger partial charge in [-0.2, -0.15) is 13.2 Å². The Labute approximate surface area is 176 Å². The SMILES string of the molecule is CN=C(NCC1CCS(=O)(=O)C1)NCC1(c2cccc(C(F)(F)F)c2)CCCCC1. The van der Waals surface area contributed by atoms with E-state index in [-0.39, 0.29) is 22.8 Å². The Balaban J connectivity index is 1.69. The molecule has 1 aliphatic heterocycles. The molecule has 1 aromatic rings. The van der Waals surface area contributed by atoms with E-state index in [0.717, 1.165) is 38.2 Å². The molecule has 0 aromatic heterocycles. The van der Waals surface area contributed by atoms with Crippen molar-refractivity contribution in [3.05, 3.63) is 35.4 Å². The second kappa shape index (κ2) is 9.16. The number of sulfone groups is 1. The van der Waals surface area contributed by atoms with Crippen molar-refractivity contribution in [3.8, 4) is 0 Å². The second-order valence-corrected chi connectivity index (χ2v) is 10.7. The first-order chi connectivity index (χ1) is 14.1. The van der Waals surface area contributed by atoms with Gasteiger partial charge in [-0.25, -0.2) is 8.42 Å². The van der Waals surface area contributed by atoms with Crippen molar-refractivity contribution in [3.63, 3.8) is 0 Å². The molecule has 1 saturated heterocycles. The normalized spacial score (nSPS) is 23.9. The second-order valence-electron chi connectivity index (χ2n) is 8.50. The van der Waals surface area contributed by atoms with Crippen LogP contribution >= 0.6 is 0 Å². The van der Waals surface area contributed by atoms with Crippen LogP contribution in [0.2, 0.25) is 0 Å². The molecule has 2 N–H and O–H groups in total. The molecule has 2 aliphatic rings. The molecule has 3 rings (SSSR count). The quantitative estimate of drug-likeness (QED) is 0.538. The van der Waals surface area contributed by atoms with Gasteiger partial charge >= 0.3 is 6.18 Å². The molecule has 5 nitrogen and oxygen atoms in total. The van der Waals surface area contributed by atoms with Crippen LogP contribution in [0.25, 0.3) is 0 Å². The van der Waals surface area contributed by atoms with Gasteiger partial charge in [-0.15, -0.1) is 0 Å². The number of hydrogen-bond acceptors (Lipinski definition) is 3. The van der Waals surface area contributed by atoms with Crippen LogP contribution < -0.4 is 10.6 Å². The Bertz CT molecular complexity index is 862. The van der Waals surface area contributed by atoms with Crippen molar-refractivity contribution in [1.82, 2.24) is 10.6 Å². The zero-order valence-corrected chi connectivity index (χ0v) is 18.1. The summed E-state index contributed by atoms with van der Waals surface area (Å²) < 4.78 is 63.0. The van der Waals surface area contributed by atoms with E-state index in [1.54, 1.807) is 13.1 Å². The molecular formula is C21H30F3N3O2S. The van der Waals surface area contributed by atoms with E-state index in [9.17, 15) is 21.6 Å². The van der Waals surface area contributed by atoms with Gasteiger partial charge in [0.05, 0.1) is 17.1 Å². The zero-order chi connectivity index (χ0) is 21.8. The standard InChI is InChI=1S/C21H30F3N3O2S/c1-25-19(26-13-16-8-11-30(28,29)14-16)27-15-20(9-3-2-4-10-20)17-6-5-7-18(12-17)21(22,23)24/h5-7,12,16H,2-4,8-11,13-15H2,1H3,(H2,25,26,27). The molecule has 1 aromatic carbocycles. The average molecular weight is 446 g/mol. The molecule has 1 heterocycles. The number of nitrogens with one attached hydrogen (secondary N) is 2. The number of halogens is 3. The van der Waals surface area contributed by atoms with Crippen molar-refractivity contribution in [2.45, 2.75) is 50.1 Å². The summed E-state index contributed by atoms with van der Waals surface area (Å²) in [6.07, 6.45) is 0.953. The number of hydrogen-bond donors (Lipinski definition) is 2. The van der Waals surface area contributed by atoms with E-state index in [1.165, 1.54) is 12.1 Å². The number of benzene rings is 1. The Morgan fingerprint density at radius 1 is 1.20 bits per heavy atom. The molecule has 0 spiro atoms. The lowest BCUT2D eigenvalue weighted by Gasteiger charge is -2.39. The third-order valence-corrected chi connectivity index (χ3v) is 8.15. The van der Waals surface area contributed by atoms with Crippen LogP contribution in [0.15, 0.2) is 29.3 Å². The van der Waals surface area contributed by atoms with Crippen molar-refractivity contribution in [2.24, 2.45) is 10.9 Å². The molecule has 9 heteroatoms. The Hall–Kier alpha value is -1.77. The highest BCUT2D eigenvalue weighted by molar-refractivity contribution is 7.91. The molecule has 1 atom stereocenters. The van der Waals surface area contributed by atoms with Crippen LogP contribution in [0.4, 0.5) is 13.2 Å². The summed E-state index contributed by atoms with van der Waals surface area (Å²) in [7, 11) is -1.30. The number of nitrogens with zero attached hydrogens (tertiary/aromatic N) is 1. The number of alkyl halides is 3. The van der Waals surface area contributed by atoms with Crippen molar-refractivity contribution in [1.29, 1.82) is 0 Å². The molecule has 168 valence electrons. The third-order valence-electron chi connectivity index (χ3n) is 6.32. The molecule has 1 unspecified atom stereocenters. The Morgan fingerprint density at radius 3 is 2.53 bits per heavy atom. The van der Waals surface area contributed by atoms with Crippen LogP contribution in [-0.4, -0.2) is 46.0 Å². The predicted molar refractivity (Wildman–Crippen MR) is 112 cm³/mol. The van der Waals surface area contributed by atoms with Crippen molar-refractivity contribution >= 4 is 15.8 Å². The fourth-order valence-corrected chi connectivity index (χ4v) is 6.43. The van der Waals surface area contributed by atoms with Crippen molar-refractivity contribution in [2.75, 3.05) is 31.6 Å². The minimum absolute atomic E-state index is 0.0562. The third kappa shape index (κ3) is 5.68. The van der Waals surface area contributed by atoms with E-state index in [1.807, 2.05) is 0 Å². The molecular weight excluding hydrogens is 415 g/mol. The first kappa shape index (κ1) is 22.9. The number of rotatable bonds is 5. The van der Waals surface area contributed by atoms with Gasteiger partial charge in [0.2, 0.25) is 0 Å². The summed E-state index contributed by atoms with van der Waals surface area (Å²) in [5, 5.41) is 6.48. The van der Waals surface area contributed by atoms with Crippen LogP contribution in [-0.2, 0) is 21.4 Å². The number of aliphatic imine (C=N–C) groups is 1. The van der Waals surface area contributed by atoms with Crippen molar-refractivity contribution < 1.29 is 21.6 Å². The lowest BCUT2D eigenvalue weighted by atomic mass is 9.69. The van der Waals surface area contributed by atoms with Gasteiger partial charge in [-0.1, -0.05) is 37.5 Å². The minimum Gasteiger partial charge on any atom is -0.356 e. The summed E-state index contributed by atoms with van der Waals surface area (Å²) in [5.74, 6) is 1.02. The van der Waals surface area contributed by atoms with E-state index >= 15 is 0 Å². The number of guanidine groups is 1. The van der Waals surface area contributed by atoms with Gasteiger partial charge in [-0.05, 0) is 36.8 Å². The maximum absolute atomic E-state index is 13.2. The molecule has 0 amide bonds. The lowest BCUT2D eigenvalue weighted by molar-refractivity contribution is -0.137. The molecule has 0 radical (unpaired) electrons. The van der Waals surface area contributed by atoms with Gasteiger partial charge < -0.3 is 10.6 Å². The molecule has 0 bridgehead atoms. The highest BCUT2D eigenvalue weighted by atomic mass is 32.2. The Morgan fingerprint density at radius 2 is 1.93 bits per heavy atom. The predicted octanol–water partition coefficient (Wildman–Crippen LogP) is 3.51. The maximum Gasteiger partial charge on any atom is 0.416 e. The molecule has 2 fully saturated rings. The summed E-state index contributed by atoms with van der Waals surface area (Å²) in [4.78, 5) is 4.22. The Kier molecular flexibility index (Phi) is 6.99.